The highest BCUT2D eigenvalue weighted by molar-refractivity contribution is 6.09. The first kappa shape index (κ1) is 9.59. The minimum Gasteiger partial charge on any atom is -0.650 e. The van der Waals surface area contributed by atoms with Gasteiger partial charge in [-0.3, -0.25) is 9.97 Å². The highest BCUT2D eigenvalue weighted by Gasteiger charge is 2.06. The minimum absolute atomic E-state index is 0.827. The molecule has 0 fully saturated rings. The molecule has 3 rings (SSSR count). The quantitative estimate of drug-likeness (QED) is 0.467. The fourth-order valence-electron chi connectivity index (χ4n) is 1.86. The highest BCUT2D eigenvalue weighted by Crippen LogP contribution is 2.29. The van der Waals surface area contributed by atoms with E-state index in [1.165, 1.54) is 16.6 Å². The molecule has 0 bridgehead atoms. The predicted octanol–water partition coefficient (Wildman–Crippen LogP) is 1.98. The van der Waals surface area contributed by atoms with Crippen molar-refractivity contribution in [1.82, 2.24) is 9.97 Å². The third-order valence-electron chi connectivity index (χ3n) is 2.58. The first-order chi connectivity index (χ1) is 7.90. The molecular formula is C12H8AlN2O. The van der Waals surface area contributed by atoms with Crippen molar-refractivity contribution in [2.24, 2.45) is 0 Å². The van der Waals surface area contributed by atoms with Gasteiger partial charge in [0.2, 0.25) is 0 Å². The Balaban J connectivity index is 2.57. The summed E-state index contributed by atoms with van der Waals surface area (Å²) in [5, 5.41) is 2.01. The summed E-state index contributed by atoms with van der Waals surface area (Å²) in [5.41, 5.74) is 1.85. The average Bonchev–Trinajstić information content (AvgIpc) is 2.37. The van der Waals surface area contributed by atoms with Gasteiger partial charge in [0.05, 0.1) is 22.2 Å². The lowest BCUT2D eigenvalue weighted by Crippen LogP contribution is -1.90. The number of aromatic nitrogens is 2. The Kier molecular flexibility index (Phi) is 2.25. The van der Waals surface area contributed by atoms with Crippen LogP contribution in [0.1, 0.15) is 0 Å². The van der Waals surface area contributed by atoms with Gasteiger partial charge in [0, 0.05) is 17.8 Å². The van der Waals surface area contributed by atoms with Gasteiger partial charge in [-0.25, -0.2) is 0 Å². The Labute approximate surface area is 101 Å². The molecule has 1 radical (unpaired) electrons. The smallest absolute Gasteiger partial charge is 0.494 e. The first-order valence-electron chi connectivity index (χ1n) is 4.94. The summed E-state index contributed by atoms with van der Waals surface area (Å²) < 4.78 is 5.38. The molecule has 0 aliphatic carbocycles. The molecule has 0 amide bonds. The standard InChI is InChI=1S/C12H8N2O.Al.H/c15-10-5-1-4-9-11(10)12-8(7-14-9)3-2-6-13-12;;/h1-7,15H;;/q;+1;/p-1. The average molecular weight is 223 g/mol. The number of hydrogen-bond acceptors (Lipinski definition) is 3. The Morgan fingerprint density at radius 3 is 2.88 bits per heavy atom. The molecule has 1 aromatic carbocycles. The van der Waals surface area contributed by atoms with E-state index >= 15 is 0 Å². The van der Waals surface area contributed by atoms with Crippen LogP contribution in [0.2, 0.25) is 0 Å². The second-order valence-electron chi connectivity index (χ2n) is 3.49. The summed E-state index contributed by atoms with van der Waals surface area (Å²) >= 11 is 1.46. The minimum atomic E-state index is 0.827. The maximum atomic E-state index is 5.38. The Bertz CT molecular complexity index is 669. The predicted molar refractivity (Wildman–Crippen MR) is 64.8 cm³/mol. The summed E-state index contributed by atoms with van der Waals surface area (Å²) in [6.45, 7) is 0. The lowest BCUT2D eigenvalue weighted by atomic mass is 10.1. The van der Waals surface area contributed by atoms with E-state index in [0.717, 1.165) is 27.6 Å². The number of nitrogens with zero attached hydrogens (tertiary/aromatic N) is 2. The van der Waals surface area contributed by atoms with Crippen LogP contribution in [0.3, 0.4) is 0 Å². The Morgan fingerprint density at radius 2 is 2.00 bits per heavy atom. The molecule has 16 heavy (non-hydrogen) atoms. The highest BCUT2D eigenvalue weighted by atomic mass is 27.1. The van der Waals surface area contributed by atoms with Crippen LogP contribution < -0.4 is 3.79 Å². The van der Waals surface area contributed by atoms with Crippen LogP contribution in [0, 0.1) is 0 Å². The van der Waals surface area contributed by atoms with Crippen molar-refractivity contribution >= 4 is 38.4 Å². The zero-order valence-electron chi connectivity index (χ0n) is 8.55. The number of hydrogen-bond donors (Lipinski definition) is 0. The van der Waals surface area contributed by atoms with Crippen LogP contribution in [0.15, 0.2) is 42.7 Å². The number of fused-ring (bicyclic) bond motifs is 3. The van der Waals surface area contributed by atoms with E-state index in [4.69, 9.17) is 3.79 Å². The largest absolute Gasteiger partial charge is 0.650 e. The van der Waals surface area contributed by atoms with Gasteiger partial charge in [-0.1, -0.05) is 6.07 Å². The molecule has 75 valence electrons. The van der Waals surface area contributed by atoms with Crippen molar-refractivity contribution in [3.05, 3.63) is 42.7 Å². The molecule has 4 heteroatoms. The van der Waals surface area contributed by atoms with E-state index in [0.29, 0.717) is 0 Å². The first-order valence-corrected chi connectivity index (χ1v) is 5.52. The Morgan fingerprint density at radius 1 is 1.06 bits per heavy atom. The molecule has 0 unspecified atom stereocenters. The van der Waals surface area contributed by atoms with Crippen LogP contribution in [-0.4, -0.2) is 26.6 Å². The van der Waals surface area contributed by atoms with E-state index in [1.807, 2.05) is 36.5 Å². The molecule has 0 saturated heterocycles. The van der Waals surface area contributed by atoms with E-state index in [-0.39, 0.29) is 0 Å². The van der Waals surface area contributed by atoms with Crippen LogP contribution in [-0.2, 0) is 0 Å². The van der Waals surface area contributed by atoms with Gasteiger partial charge in [0.1, 0.15) is 0 Å². The second kappa shape index (κ2) is 3.75. The second-order valence-corrected chi connectivity index (χ2v) is 3.78. The van der Waals surface area contributed by atoms with Crippen molar-refractivity contribution in [3.8, 4) is 5.75 Å². The number of rotatable bonds is 1. The third-order valence-corrected chi connectivity index (χ3v) is 2.89. The van der Waals surface area contributed by atoms with Crippen molar-refractivity contribution in [1.29, 1.82) is 0 Å². The SMILES string of the molecule is [AlH][O]c1cccc2ncc3cccnc3c12. The fraction of sp³-hybridized carbons (Fsp3) is 0. The molecule has 0 N–H and O–H groups in total. The topological polar surface area (TPSA) is 35.0 Å². The van der Waals surface area contributed by atoms with E-state index < -0.39 is 0 Å². The maximum absolute atomic E-state index is 5.38. The lowest BCUT2D eigenvalue weighted by molar-refractivity contribution is 0.624. The van der Waals surface area contributed by atoms with Gasteiger partial charge >= 0.3 is 16.6 Å². The van der Waals surface area contributed by atoms with Crippen LogP contribution in [0.5, 0.6) is 5.75 Å². The third kappa shape index (κ3) is 1.35. The molecule has 0 aliphatic heterocycles. The molecule has 3 nitrogen and oxygen atoms in total. The summed E-state index contributed by atoms with van der Waals surface area (Å²) in [6, 6.07) is 9.75. The van der Waals surface area contributed by atoms with Gasteiger partial charge < -0.3 is 3.79 Å². The van der Waals surface area contributed by atoms with Crippen molar-refractivity contribution in [2.45, 2.75) is 0 Å². The number of benzene rings is 1. The fourth-order valence-corrected chi connectivity index (χ4v) is 2.10. The molecule has 0 atom stereocenters. The summed E-state index contributed by atoms with van der Waals surface area (Å²) in [6.07, 6.45) is 3.63. The van der Waals surface area contributed by atoms with Gasteiger partial charge in [0.15, 0.2) is 0 Å². The summed E-state index contributed by atoms with van der Waals surface area (Å²) in [7, 11) is 0. The zero-order valence-corrected chi connectivity index (χ0v) is 9.97. The molecule has 2 aromatic heterocycles. The van der Waals surface area contributed by atoms with Gasteiger partial charge in [-0.15, -0.1) is 0 Å². The van der Waals surface area contributed by atoms with Crippen LogP contribution in [0.25, 0.3) is 21.8 Å². The van der Waals surface area contributed by atoms with Crippen LogP contribution >= 0.6 is 0 Å². The molecular weight excluding hydrogens is 215 g/mol. The van der Waals surface area contributed by atoms with Gasteiger partial charge in [0.25, 0.3) is 0 Å². The van der Waals surface area contributed by atoms with E-state index in [9.17, 15) is 0 Å². The summed E-state index contributed by atoms with van der Waals surface area (Å²) in [4.78, 5) is 8.80. The van der Waals surface area contributed by atoms with Crippen molar-refractivity contribution in [3.63, 3.8) is 0 Å². The van der Waals surface area contributed by atoms with Gasteiger partial charge in [-0.05, 0) is 24.3 Å². The summed E-state index contributed by atoms with van der Waals surface area (Å²) in [5.74, 6) is 0.827. The number of pyridine rings is 2. The van der Waals surface area contributed by atoms with Crippen molar-refractivity contribution in [2.75, 3.05) is 0 Å². The lowest BCUT2D eigenvalue weighted by Gasteiger charge is -2.08. The molecule has 0 aliphatic rings. The Hall–Kier alpha value is -1.63. The molecule has 0 spiro atoms. The van der Waals surface area contributed by atoms with Crippen LogP contribution in [0.4, 0.5) is 0 Å². The van der Waals surface area contributed by atoms with E-state index in [2.05, 4.69) is 9.97 Å². The zero-order chi connectivity index (χ0) is 11.0. The van der Waals surface area contributed by atoms with Crippen molar-refractivity contribution < 1.29 is 3.79 Å². The molecule has 2 heterocycles. The molecule has 0 saturated carbocycles. The van der Waals surface area contributed by atoms with E-state index in [1.54, 1.807) is 6.20 Å². The molecule has 3 aromatic rings. The monoisotopic (exact) mass is 223 g/mol. The normalized spacial score (nSPS) is 10.8. The van der Waals surface area contributed by atoms with Gasteiger partial charge in [-0.2, -0.15) is 0 Å². The maximum Gasteiger partial charge on any atom is 0.494 e.